The molecule has 150 valence electrons. The number of nitrogens with one attached hydrogen (secondary N) is 1. The summed E-state index contributed by atoms with van der Waals surface area (Å²) in [7, 11) is 1.53. The molecule has 29 heavy (non-hydrogen) atoms. The van der Waals surface area contributed by atoms with Crippen molar-refractivity contribution >= 4 is 63.4 Å². The van der Waals surface area contributed by atoms with E-state index < -0.39 is 0 Å². The summed E-state index contributed by atoms with van der Waals surface area (Å²) in [4.78, 5) is 32.1. The van der Waals surface area contributed by atoms with Gasteiger partial charge in [0.15, 0.2) is 5.17 Å². The van der Waals surface area contributed by atoms with Crippen LogP contribution < -0.4 is 15.0 Å². The highest BCUT2D eigenvalue weighted by Gasteiger charge is 2.33. The van der Waals surface area contributed by atoms with Crippen LogP contribution in [0.2, 0.25) is 5.02 Å². The molecule has 1 fully saturated rings. The second-order valence-corrected chi connectivity index (χ2v) is 8.86. The Bertz CT molecular complexity index is 1000. The third-order valence-electron chi connectivity index (χ3n) is 4.32. The van der Waals surface area contributed by atoms with E-state index in [0.29, 0.717) is 33.4 Å². The van der Waals surface area contributed by atoms with Crippen LogP contribution in [-0.4, -0.2) is 35.9 Å². The lowest BCUT2D eigenvalue weighted by Gasteiger charge is -2.18. The second kappa shape index (κ2) is 8.61. The number of hydrogen-bond acceptors (Lipinski definition) is 6. The Morgan fingerprint density at radius 2 is 2.28 bits per heavy atom. The predicted octanol–water partition coefficient (Wildman–Crippen LogP) is 4.17. The van der Waals surface area contributed by atoms with Crippen LogP contribution in [0.1, 0.15) is 17.7 Å². The summed E-state index contributed by atoms with van der Waals surface area (Å²) in [5, 5.41) is 5.73. The molecule has 2 amide bonds. The first-order valence-corrected chi connectivity index (χ1v) is 11.2. The number of aliphatic imine (C=N–C) groups is 1. The zero-order chi connectivity index (χ0) is 20.4. The van der Waals surface area contributed by atoms with Crippen LogP contribution in [0.5, 0.6) is 5.75 Å². The summed E-state index contributed by atoms with van der Waals surface area (Å²) >= 11 is 9.02. The third kappa shape index (κ3) is 4.66. The number of hydrogen-bond donors (Lipinski definition) is 1. The molecule has 6 nitrogen and oxygen atoms in total. The molecule has 0 atom stereocenters. The van der Waals surface area contributed by atoms with E-state index in [9.17, 15) is 9.59 Å². The Balaban J connectivity index is 1.61. The summed E-state index contributed by atoms with van der Waals surface area (Å²) in [6.07, 6.45) is 3.81. The fourth-order valence-corrected chi connectivity index (χ4v) is 4.48. The van der Waals surface area contributed by atoms with Crippen LogP contribution in [0.4, 0.5) is 5.69 Å². The summed E-state index contributed by atoms with van der Waals surface area (Å²) in [6.45, 7) is 0. The van der Waals surface area contributed by atoms with Gasteiger partial charge in [-0.25, -0.2) is 4.99 Å². The van der Waals surface area contributed by atoms with Crippen LogP contribution in [-0.2, 0) is 9.59 Å². The number of halogens is 1. The average molecular weight is 448 g/mol. The van der Waals surface area contributed by atoms with Gasteiger partial charge in [-0.05, 0) is 48.6 Å². The number of thioether (sulfide) groups is 1. The molecule has 1 aliphatic heterocycles. The molecule has 1 aliphatic carbocycles. The number of carbonyl (C=O) groups is 2. The molecule has 0 unspecified atom stereocenters. The van der Waals surface area contributed by atoms with Gasteiger partial charge in [-0.3, -0.25) is 14.5 Å². The largest absolute Gasteiger partial charge is 0.495 e. The predicted molar refractivity (Wildman–Crippen MR) is 119 cm³/mol. The molecule has 0 bridgehead atoms. The zero-order valence-electron chi connectivity index (χ0n) is 15.6. The van der Waals surface area contributed by atoms with E-state index in [1.165, 1.54) is 35.1 Å². The van der Waals surface area contributed by atoms with Crippen molar-refractivity contribution < 1.29 is 14.3 Å². The topological polar surface area (TPSA) is 71.0 Å². The summed E-state index contributed by atoms with van der Waals surface area (Å²) in [5.41, 5.74) is 0.897. The van der Waals surface area contributed by atoms with E-state index >= 15 is 0 Å². The molecule has 2 aromatic rings. The number of carbonyl (C=O) groups excluding carboxylic acids is 2. The number of ether oxygens (including phenoxy) is 1. The second-order valence-electron chi connectivity index (χ2n) is 6.53. The maximum atomic E-state index is 13.1. The lowest BCUT2D eigenvalue weighted by Crippen LogP contribution is -2.32. The first-order valence-electron chi connectivity index (χ1n) is 8.99. The highest BCUT2D eigenvalue weighted by atomic mass is 35.5. The van der Waals surface area contributed by atoms with Crippen molar-refractivity contribution in [2.45, 2.75) is 18.9 Å². The summed E-state index contributed by atoms with van der Waals surface area (Å²) < 4.78 is 5.20. The molecule has 1 saturated carbocycles. The minimum Gasteiger partial charge on any atom is -0.495 e. The highest BCUT2D eigenvalue weighted by molar-refractivity contribution is 8.14. The van der Waals surface area contributed by atoms with Crippen LogP contribution >= 0.6 is 34.7 Å². The fraction of sp³-hybridized carbons (Fsp3) is 0.250. The SMILES string of the molecule is COc1ccc(N2C(=O)/C(=C\c3cccs3)N=C2SCC(=O)NC2CC2)cc1Cl. The van der Waals surface area contributed by atoms with Gasteiger partial charge in [0, 0.05) is 10.9 Å². The van der Waals surface area contributed by atoms with Gasteiger partial charge in [0.05, 0.1) is 23.6 Å². The minimum atomic E-state index is -0.260. The molecule has 2 heterocycles. The Labute approximate surface area is 181 Å². The number of anilines is 1. The van der Waals surface area contributed by atoms with Crippen molar-refractivity contribution in [1.29, 1.82) is 0 Å². The van der Waals surface area contributed by atoms with E-state index in [2.05, 4.69) is 10.3 Å². The van der Waals surface area contributed by atoms with E-state index in [4.69, 9.17) is 16.3 Å². The van der Waals surface area contributed by atoms with Gasteiger partial charge in [0.1, 0.15) is 11.4 Å². The first kappa shape index (κ1) is 20.0. The molecular formula is C20H18ClN3O3S2. The Morgan fingerprint density at radius 3 is 2.93 bits per heavy atom. The van der Waals surface area contributed by atoms with Crippen LogP contribution in [0.25, 0.3) is 6.08 Å². The van der Waals surface area contributed by atoms with Gasteiger partial charge in [0.2, 0.25) is 5.91 Å². The summed E-state index contributed by atoms with van der Waals surface area (Å²) in [6, 6.07) is 9.24. The molecule has 0 saturated heterocycles. The van der Waals surface area contributed by atoms with Crippen molar-refractivity contribution in [3.8, 4) is 5.75 Å². The third-order valence-corrected chi connectivity index (χ3v) is 6.37. The molecule has 0 radical (unpaired) electrons. The lowest BCUT2D eigenvalue weighted by molar-refractivity contribution is -0.118. The summed E-state index contributed by atoms with van der Waals surface area (Å²) in [5.74, 6) is 0.391. The normalized spacial score (nSPS) is 17.6. The van der Waals surface area contributed by atoms with Crippen molar-refractivity contribution in [2.75, 3.05) is 17.8 Å². The van der Waals surface area contributed by atoms with Gasteiger partial charge < -0.3 is 10.1 Å². The Hall–Kier alpha value is -2.29. The molecule has 9 heteroatoms. The van der Waals surface area contributed by atoms with E-state index in [1.807, 2.05) is 17.5 Å². The number of amides is 2. The van der Waals surface area contributed by atoms with Crippen LogP contribution in [0.15, 0.2) is 46.4 Å². The smallest absolute Gasteiger partial charge is 0.283 e. The molecule has 1 N–H and O–H groups in total. The molecule has 1 aromatic carbocycles. The zero-order valence-corrected chi connectivity index (χ0v) is 17.9. The molecule has 4 rings (SSSR count). The average Bonchev–Trinajstić information content (AvgIpc) is 3.25. The van der Waals surface area contributed by atoms with Gasteiger partial charge in [-0.2, -0.15) is 0 Å². The maximum absolute atomic E-state index is 13.1. The number of thiophene rings is 1. The first-order chi connectivity index (χ1) is 14.0. The molecule has 1 aromatic heterocycles. The number of rotatable bonds is 6. The molecule has 2 aliphatic rings. The van der Waals surface area contributed by atoms with Crippen molar-refractivity contribution in [1.82, 2.24) is 5.32 Å². The van der Waals surface area contributed by atoms with Crippen molar-refractivity contribution in [3.63, 3.8) is 0 Å². The molecular weight excluding hydrogens is 430 g/mol. The lowest BCUT2D eigenvalue weighted by atomic mass is 10.2. The van der Waals surface area contributed by atoms with Gasteiger partial charge in [0.25, 0.3) is 5.91 Å². The van der Waals surface area contributed by atoms with E-state index in [1.54, 1.807) is 24.3 Å². The van der Waals surface area contributed by atoms with Crippen LogP contribution in [0.3, 0.4) is 0 Å². The number of benzene rings is 1. The molecule has 0 spiro atoms. The Kier molecular flexibility index (Phi) is 5.94. The minimum absolute atomic E-state index is 0.0592. The quantitative estimate of drug-likeness (QED) is 0.675. The Morgan fingerprint density at radius 1 is 1.45 bits per heavy atom. The monoisotopic (exact) mass is 447 g/mol. The van der Waals surface area contributed by atoms with E-state index in [0.717, 1.165) is 17.7 Å². The number of amidine groups is 1. The van der Waals surface area contributed by atoms with Gasteiger partial charge in [-0.1, -0.05) is 29.4 Å². The van der Waals surface area contributed by atoms with Crippen molar-refractivity contribution in [2.24, 2.45) is 4.99 Å². The van der Waals surface area contributed by atoms with Gasteiger partial charge in [-0.15, -0.1) is 11.3 Å². The number of nitrogens with zero attached hydrogens (tertiary/aromatic N) is 2. The van der Waals surface area contributed by atoms with Crippen LogP contribution in [0, 0.1) is 0 Å². The maximum Gasteiger partial charge on any atom is 0.283 e. The highest BCUT2D eigenvalue weighted by Crippen LogP contribution is 2.34. The standard InChI is InChI=1S/C20H18ClN3O3S2/c1-27-17-7-6-13(9-15(17)21)24-19(26)16(10-14-3-2-8-28-14)23-20(24)29-11-18(25)22-12-4-5-12/h2-3,6-10,12H,4-5,11H2,1H3,(H,22,25)/b16-10+. The van der Waals surface area contributed by atoms with Gasteiger partial charge >= 0.3 is 0 Å². The fourth-order valence-electron chi connectivity index (χ4n) is 2.75. The van der Waals surface area contributed by atoms with E-state index in [-0.39, 0.29) is 17.6 Å². The number of methoxy groups -OCH3 is 1. The van der Waals surface area contributed by atoms with Crippen molar-refractivity contribution in [3.05, 3.63) is 51.3 Å².